The minimum Gasteiger partial charge on any atom is -0.455 e. The van der Waals surface area contributed by atoms with Crippen molar-refractivity contribution in [3.63, 3.8) is 0 Å². The molecule has 362 valence electrons. The standard InChI is InChI=1S/C74H54O2/c1-71(2)53-31-27-39-17-9-11-19-43(39)63(53)45-29-25-41(33-55(45)71)49-35-60-67(70-65(49)47-21-13-15-23-61(47)76-70)52-38-57-51(37-58(52)74(60,7)8)66-59(73(57,5)6)36-50(69-68(66)48-22-14-16-24-62(48)75-69)42-26-30-46-56(34-42)72(3,4)54-32-28-40-18-10-12-20-44(40)64(46)54/h9-38H,1-8H3. The van der Waals surface area contributed by atoms with Crippen LogP contribution in [-0.2, 0) is 21.7 Å². The number of rotatable bonds is 2. The van der Waals surface area contributed by atoms with Crippen molar-refractivity contribution in [1.82, 2.24) is 0 Å². The van der Waals surface area contributed by atoms with Gasteiger partial charge in [0, 0.05) is 54.3 Å². The van der Waals surface area contributed by atoms with Gasteiger partial charge < -0.3 is 8.83 Å². The molecule has 0 unspecified atom stereocenters. The normalized spacial score (nSPS) is 16.3. The highest BCUT2D eigenvalue weighted by Crippen LogP contribution is 2.62. The summed E-state index contributed by atoms with van der Waals surface area (Å²) in [4.78, 5) is 0. The summed E-state index contributed by atoms with van der Waals surface area (Å²) in [7, 11) is 0. The predicted octanol–water partition coefficient (Wildman–Crippen LogP) is 20.4. The lowest BCUT2D eigenvalue weighted by Gasteiger charge is -2.25. The number of hydrogen-bond acceptors (Lipinski definition) is 2. The van der Waals surface area contributed by atoms with Crippen LogP contribution in [-0.4, -0.2) is 0 Å². The van der Waals surface area contributed by atoms with Crippen molar-refractivity contribution in [2.45, 2.75) is 77.0 Å². The summed E-state index contributed by atoms with van der Waals surface area (Å²) in [6, 6.07) is 68.9. The fourth-order valence-electron chi connectivity index (χ4n) is 15.5. The van der Waals surface area contributed by atoms with Gasteiger partial charge in [0.25, 0.3) is 0 Å². The fourth-order valence-corrected chi connectivity index (χ4v) is 15.5. The van der Waals surface area contributed by atoms with Gasteiger partial charge in [0.05, 0.1) is 0 Å². The smallest absolute Gasteiger partial charge is 0.144 e. The first-order valence-corrected chi connectivity index (χ1v) is 27.2. The summed E-state index contributed by atoms with van der Waals surface area (Å²) >= 11 is 0. The predicted molar refractivity (Wildman–Crippen MR) is 317 cm³/mol. The van der Waals surface area contributed by atoms with Crippen LogP contribution in [0.3, 0.4) is 0 Å². The van der Waals surface area contributed by atoms with Gasteiger partial charge in [-0.2, -0.15) is 0 Å². The van der Waals surface area contributed by atoms with Crippen LogP contribution in [0.2, 0.25) is 0 Å². The van der Waals surface area contributed by atoms with Gasteiger partial charge in [-0.05, 0) is 170 Å². The molecule has 0 N–H and O–H groups in total. The lowest BCUT2D eigenvalue weighted by atomic mass is 9.78. The summed E-state index contributed by atoms with van der Waals surface area (Å²) in [6.45, 7) is 19.3. The summed E-state index contributed by atoms with van der Waals surface area (Å²) < 4.78 is 14.3. The van der Waals surface area contributed by atoms with Gasteiger partial charge in [-0.3, -0.25) is 0 Å². The first-order chi connectivity index (χ1) is 36.7. The molecule has 0 amide bonds. The van der Waals surface area contributed by atoms with E-state index < -0.39 is 0 Å². The highest BCUT2D eigenvalue weighted by Gasteiger charge is 2.46. The number of furan rings is 2. The quantitative estimate of drug-likeness (QED) is 0.173. The third-order valence-corrected chi connectivity index (χ3v) is 19.4. The Hall–Kier alpha value is -8.46. The molecule has 0 saturated carbocycles. The second-order valence-corrected chi connectivity index (χ2v) is 24.7. The highest BCUT2D eigenvalue weighted by molar-refractivity contribution is 6.21. The monoisotopic (exact) mass is 974 g/mol. The van der Waals surface area contributed by atoms with E-state index in [0.717, 1.165) is 38.7 Å². The molecule has 4 aliphatic carbocycles. The fraction of sp³-hybridized carbons (Fsp3) is 0.162. The van der Waals surface area contributed by atoms with Gasteiger partial charge in [0.15, 0.2) is 0 Å². The lowest BCUT2D eigenvalue weighted by molar-refractivity contribution is 0.649. The number of benzene rings is 11. The first-order valence-electron chi connectivity index (χ1n) is 27.2. The van der Waals surface area contributed by atoms with Crippen molar-refractivity contribution >= 4 is 65.4 Å². The molecule has 0 radical (unpaired) electrons. The van der Waals surface area contributed by atoms with E-state index in [9.17, 15) is 0 Å². The van der Waals surface area contributed by atoms with E-state index in [1.807, 2.05) is 0 Å². The van der Waals surface area contributed by atoms with E-state index >= 15 is 0 Å². The second kappa shape index (κ2) is 13.9. The largest absolute Gasteiger partial charge is 0.455 e. The molecule has 0 bridgehead atoms. The van der Waals surface area contributed by atoms with Gasteiger partial charge in [-0.1, -0.05) is 189 Å². The van der Waals surface area contributed by atoms with Gasteiger partial charge in [-0.25, -0.2) is 0 Å². The third-order valence-electron chi connectivity index (χ3n) is 19.4. The van der Waals surface area contributed by atoms with E-state index in [0.29, 0.717) is 0 Å². The maximum atomic E-state index is 7.21. The van der Waals surface area contributed by atoms with Crippen LogP contribution >= 0.6 is 0 Å². The topological polar surface area (TPSA) is 26.3 Å². The zero-order chi connectivity index (χ0) is 51.1. The first kappa shape index (κ1) is 42.8. The minimum absolute atomic E-state index is 0.162. The maximum Gasteiger partial charge on any atom is 0.144 e. The number of hydrogen-bond donors (Lipinski definition) is 0. The molecule has 0 fully saturated rings. The van der Waals surface area contributed by atoms with E-state index in [-0.39, 0.29) is 21.7 Å². The van der Waals surface area contributed by atoms with Crippen molar-refractivity contribution in [2.24, 2.45) is 0 Å². The average molecular weight is 975 g/mol. The van der Waals surface area contributed by atoms with Crippen LogP contribution in [0.25, 0.3) is 132 Å². The Labute approximate surface area is 442 Å². The molecular weight excluding hydrogens is 921 g/mol. The van der Waals surface area contributed by atoms with Crippen molar-refractivity contribution in [2.75, 3.05) is 0 Å². The third kappa shape index (κ3) is 5.09. The minimum atomic E-state index is -0.336. The molecule has 2 nitrogen and oxygen atoms in total. The summed E-state index contributed by atoms with van der Waals surface area (Å²) in [5.74, 6) is 0. The Kier molecular flexibility index (Phi) is 7.82. The summed E-state index contributed by atoms with van der Waals surface area (Å²) in [5, 5.41) is 9.90. The van der Waals surface area contributed by atoms with E-state index in [4.69, 9.17) is 8.83 Å². The Morgan fingerprint density at radius 3 is 1.24 bits per heavy atom. The maximum absolute atomic E-state index is 7.21. The molecule has 2 heterocycles. The van der Waals surface area contributed by atoms with E-state index in [2.05, 4.69) is 237 Å². The average Bonchev–Trinajstić information content (AvgIpc) is 4.25. The zero-order valence-corrected chi connectivity index (χ0v) is 44.1. The Morgan fingerprint density at radius 2 is 0.671 bits per heavy atom. The van der Waals surface area contributed by atoms with Crippen LogP contribution in [0.5, 0.6) is 0 Å². The number of para-hydroxylation sites is 2. The van der Waals surface area contributed by atoms with Crippen molar-refractivity contribution in [3.05, 3.63) is 226 Å². The molecule has 17 rings (SSSR count). The molecule has 0 spiro atoms. The SMILES string of the molecule is CC1(C)c2cc(-c3cc4c(c5c3oc3ccccc35)-c3cc5c(cc3C4(C)C)-c3c(cc(-c4ccc6c(c4)C(C)(C)c4ccc7ccccc7c4-6)c4c3oc3ccccc34)C5(C)C)ccc2-c2c1ccc1ccccc21. The van der Waals surface area contributed by atoms with Gasteiger partial charge in [-0.15, -0.1) is 0 Å². The van der Waals surface area contributed by atoms with Gasteiger partial charge >= 0.3 is 0 Å². The Morgan fingerprint density at radius 1 is 0.263 bits per heavy atom. The summed E-state index contributed by atoms with van der Waals surface area (Å²) in [6.07, 6.45) is 0. The molecule has 2 aromatic heterocycles. The Balaban J connectivity index is 0.868. The van der Waals surface area contributed by atoms with Crippen LogP contribution in [0, 0.1) is 0 Å². The molecule has 0 aliphatic heterocycles. The Bertz CT molecular complexity index is 4860. The van der Waals surface area contributed by atoms with Crippen molar-refractivity contribution in [1.29, 1.82) is 0 Å². The molecule has 76 heavy (non-hydrogen) atoms. The zero-order valence-electron chi connectivity index (χ0n) is 44.1. The van der Waals surface area contributed by atoms with Crippen LogP contribution < -0.4 is 0 Å². The number of fused-ring (bicyclic) bond motifs is 24. The highest BCUT2D eigenvalue weighted by atomic mass is 16.3. The molecule has 0 atom stereocenters. The van der Waals surface area contributed by atoms with E-state index in [1.54, 1.807) is 0 Å². The van der Waals surface area contributed by atoms with Crippen molar-refractivity contribution < 1.29 is 8.83 Å². The van der Waals surface area contributed by atoms with Gasteiger partial charge in [0.1, 0.15) is 22.3 Å². The molecule has 13 aromatic rings. The second-order valence-electron chi connectivity index (χ2n) is 24.7. The van der Waals surface area contributed by atoms with E-state index in [1.165, 1.54) is 138 Å². The van der Waals surface area contributed by atoms with Gasteiger partial charge in [0.2, 0.25) is 0 Å². The molecular formula is C74H54O2. The molecule has 0 saturated heterocycles. The molecule has 11 aromatic carbocycles. The molecule has 4 aliphatic rings. The molecule has 2 heteroatoms. The van der Waals surface area contributed by atoms with Crippen LogP contribution in [0.15, 0.2) is 191 Å². The van der Waals surface area contributed by atoms with Crippen LogP contribution in [0.4, 0.5) is 0 Å². The van der Waals surface area contributed by atoms with Crippen molar-refractivity contribution in [3.8, 4) is 66.8 Å². The lowest BCUT2D eigenvalue weighted by Crippen LogP contribution is -2.17. The summed E-state index contributed by atoms with van der Waals surface area (Å²) in [5.41, 5.74) is 28.9. The van der Waals surface area contributed by atoms with Crippen LogP contribution in [0.1, 0.15) is 99.9 Å².